The van der Waals surface area contributed by atoms with Gasteiger partial charge in [0.25, 0.3) is 0 Å². The fraction of sp³-hybridized carbons (Fsp3) is 0.920. The van der Waals surface area contributed by atoms with Crippen LogP contribution < -0.4 is 0 Å². The second kappa shape index (κ2) is 4.43. The van der Waals surface area contributed by atoms with Gasteiger partial charge >= 0.3 is 11.9 Å². The van der Waals surface area contributed by atoms with E-state index >= 15 is 0 Å². The number of esters is 2. The highest BCUT2D eigenvalue weighted by Gasteiger charge is 3.38. The Morgan fingerprint density at radius 2 is 1.03 bits per heavy atom. The highest BCUT2D eigenvalue weighted by atomic mass is 16.6. The highest BCUT2D eigenvalue weighted by Crippen LogP contribution is 3.33. The minimum absolute atomic E-state index is 0.0169. The lowest BCUT2D eigenvalue weighted by atomic mass is 9.44. The summed E-state index contributed by atoms with van der Waals surface area (Å²) in [4.78, 5) is 27.3. The predicted octanol–water partition coefficient (Wildman–Crippen LogP) is 5.24. The molecule has 5 saturated carbocycles. The normalized spacial score (nSPS) is 46.7. The number of hydrogen-bond acceptors (Lipinski definition) is 4. The molecular formula is C25H40O4. The SMILES string of the molecule is COC(=O)C12C3C1(C(=O)OC(C)(C)C)C1(C(C)(C)C)C3(C(C)(C)C)C21C(C)(C)C. The lowest BCUT2D eigenvalue weighted by molar-refractivity contribution is -0.207. The first kappa shape index (κ1) is 21.2. The molecule has 4 nitrogen and oxygen atoms in total. The van der Waals surface area contributed by atoms with Crippen molar-refractivity contribution in [3.63, 3.8) is 0 Å². The molecule has 0 radical (unpaired) electrons. The molecule has 0 amide bonds. The van der Waals surface area contributed by atoms with Gasteiger partial charge in [0.15, 0.2) is 0 Å². The van der Waals surface area contributed by atoms with E-state index in [4.69, 9.17) is 9.47 Å². The van der Waals surface area contributed by atoms with Crippen LogP contribution in [0.15, 0.2) is 0 Å². The van der Waals surface area contributed by atoms with Gasteiger partial charge in [-0.1, -0.05) is 62.3 Å². The average molecular weight is 405 g/mol. The summed E-state index contributed by atoms with van der Waals surface area (Å²) in [6.07, 6.45) is 0. The summed E-state index contributed by atoms with van der Waals surface area (Å²) >= 11 is 0. The Morgan fingerprint density at radius 3 is 1.31 bits per heavy atom. The van der Waals surface area contributed by atoms with E-state index in [1.165, 1.54) is 7.11 Å². The molecule has 5 fully saturated rings. The molecule has 5 aliphatic rings. The monoisotopic (exact) mass is 404 g/mol. The minimum atomic E-state index is -0.751. The van der Waals surface area contributed by atoms with Crippen LogP contribution in [-0.4, -0.2) is 24.6 Å². The van der Waals surface area contributed by atoms with Crippen LogP contribution in [0, 0.1) is 49.2 Å². The molecule has 0 aromatic heterocycles. The van der Waals surface area contributed by atoms with E-state index in [0.29, 0.717) is 0 Å². The van der Waals surface area contributed by atoms with Gasteiger partial charge in [0, 0.05) is 16.7 Å². The molecule has 0 spiro atoms. The van der Waals surface area contributed by atoms with Gasteiger partial charge in [0.1, 0.15) is 5.60 Å². The first-order valence-corrected chi connectivity index (χ1v) is 11.0. The molecule has 0 bridgehead atoms. The molecule has 6 atom stereocenters. The molecule has 0 heterocycles. The van der Waals surface area contributed by atoms with E-state index in [9.17, 15) is 9.59 Å². The highest BCUT2D eigenvalue weighted by molar-refractivity contribution is 6.11. The number of carbonyl (C=O) groups is 2. The van der Waals surface area contributed by atoms with Gasteiger partial charge in [-0.2, -0.15) is 0 Å². The molecule has 5 aliphatic carbocycles. The summed E-state index contributed by atoms with van der Waals surface area (Å²) < 4.78 is 11.4. The van der Waals surface area contributed by atoms with Gasteiger partial charge in [-0.25, -0.2) is 0 Å². The van der Waals surface area contributed by atoms with Crippen LogP contribution >= 0.6 is 0 Å². The fourth-order valence-electron chi connectivity index (χ4n) is 10.6. The molecular weight excluding hydrogens is 364 g/mol. The summed E-state index contributed by atoms with van der Waals surface area (Å²) in [6.45, 7) is 26.1. The van der Waals surface area contributed by atoms with E-state index in [-0.39, 0.29) is 50.3 Å². The molecule has 5 rings (SSSR count). The Labute approximate surface area is 176 Å². The summed E-state index contributed by atoms with van der Waals surface area (Å²) in [5, 5.41) is 0. The first-order chi connectivity index (χ1) is 12.7. The van der Waals surface area contributed by atoms with Crippen molar-refractivity contribution in [2.75, 3.05) is 7.11 Å². The number of carbonyl (C=O) groups excluding carboxylic acids is 2. The second-order valence-corrected chi connectivity index (χ2v) is 14.1. The van der Waals surface area contributed by atoms with Crippen molar-refractivity contribution in [3.05, 3.63) is 0 Å². The second-order valence-electron chi connectivity index (χ2n) is 14.1. The predicted molar refractivity (Wildman–Crippen MR) is 112 cm³/mol. The number of methoxy groups -OCH3 is 1. The zero-order chi connectivity index (χ0) is 22.6. The van der Waals surface area contributed by atoms with Gasteiger partial charge < -0.3 is 9.47 Å². The number of ether oxygens (including phenoxy) is 2. The van der Waals surface area contributed by atoms with Crippen LogP contribution in [0.3, 0.4) is 0 Å². The Balaban J connectivity index is 2.03. The average Bonchev–Trinajstić information content (AvgIpc) is 2.95. The molecule has 0 aliphatic heterocycles. The van der Waals surface area contributed by atoms with Crippen LogP contribution in [-0.2, 0) is 19.1 Å². The van der Waals surface area contributed by atoms with Gasteiger partial charge in [-0.05, 0) is 42.4 Å². The molecule has 164 valence electrons. The lowest BCUT2D eigenvalue weighted by Gasteiger charge is -2.57. The maximum atomic E-state index is 13.8. The number of rotatable bonds is 2. The fourth-order valence-corrected chi connectivity index (χ4v) is 10.6. The maximum absolute atomic E-state index is 13.8. The zero-order valence-electron chi connectivity index (χ0n) is 20.7. The van der Waals surface area contributed by atoms with Crippen molar-refractivity contribution in [2.45, 2.75) is 88.7 Å². The van der Waals surface area contributed by atoms with Crippen molar-refractivity contribution in [1.29, 1.82) is 0 Å². The van der Waals surface area contributed by atoms with Crippen molar-refractivity contribution >= 4 is 11.9 Å². The Bertz CT molecular complexity index is 844. The van der Waals surface area contributed by atoms with Crippen molar-refractivity contribution in [1.82, 2.24) is 0 Å². The third-order valence-corrected chi connectivity index (χ3v) is 9.36. The third-order valence-electron chi connectivity index (χ3n) is 9.36. The van der Waals surface area contributed by atoms with Crippen molar-refractivity contribution in [2.24, 2.45) is 49.2 Å². The molecule has 4 heteroatoms. The number of hydrogen-bond donors (Lipinski definition) is 0. The summed E-state index contributed by atoms with van der Waals surface area (Å²) in [6, 6.07) is 0. The molecule has 6 unspecified atom stereocenters. The minimum Gasteiger partial charge on any atom is -0.469 e. The van der Waals surface area contributed by atoms with E-state index in [1.54, 1.807) is 0 Å². The van der Waals surface area contributed by atoms with Crippen LogP contribution in [0.2, 0.25) is 0 Å². The molecule has 0 aromatic rings. The van der Waals surface area contributed by atoms with Crippen molar-refractivity contribution < 1.29 is 19.1 Å². The Morgan fingerprint density at radius 1 is 0.655 bits per heavy atom. The van der Waals surface area contributed by atoms with Crippen molar-refractivity contribution in [3.8, 4) is 0 Å². The summed E-state index contributed by atoms with van der Waals surface area (Å²) in [5.74, 6) is -0.378. The van der Waals surface area contributed by atoms with E-state index in [0.717, 1.165) is 0 Å². The summed E-state index contributed by atoms with van der Waals surface area (Å²) in [7, 11) is 1.46. The Hall–Kier alpha value is -1.06. The zero-order valence-corrected chi connectivity index (χ0v) is 20.7. The smallest absolute Gasteiger partial charge is 0.314 e. The maximum Gasteiger partial charge on any atom is 0.314 e. The first-order valence-electron chi connectivity index (χ1n) is 11.0. The standard InChI is InChI=1S/C25H40O4/c1-17(2,3)23-14-21(15(26)28-13)22(14,16(27)29-20(10,11)12)25(23,19(7,8)9)24(21,23)18(4,5)6/h14H,1-13H3. The molecule has 0 N–H and O–H groups in total. The van der Waals surface area contributed by atoms with Gasteiger partial charge in [0.2, 0.25) is 0 Å². The van der Waals surface area contributed by atoms with E-state index < -0.39 is 16.4 Å². The van der Waals surface area contributed by atoms with E-state index in [2.05, 4.69) is 62.3 Å². The summed E-state index contributed by atoms with van der Waals surface area (Å²) in [5.41, 5.74) is -2.98. The van der Waals surface area contributed by atoms with Gasteiger partial charge in [-0.15, -0.1) is 0 Å². The molecule has 0 aromatic carbocycles. The van der Waals surface area contributed by atoms with Crippen LogP contribution in [0.4, 0.5) is 0 Å². The largest absolute Gasteiger partial charge is 0.469 e. The molecule has 0 saturated heterocycles. The quantitative estimate of drug-likeness (QED) is 0.591. The lowest BCUT2D eigenvalue weighted by Crippen LogP contribution is -2.63. The van der Waals surface area contributed by atoms with Crippen LogP contribution in [0.1, 0.15) is 83.1 Å². The molecule has 29 heavy (non-hydrogen) atoms. The van der Waals surface area contributed by atoms with Crippen LogP contribution in [0.25, 0.3) is 0 Å². The third kappa shape index (κ3) is 1.31. The van der Waals surface area contributed by atoms with Gasteiger partial charge in [-0.3, -0.25) is 9.59 Å². The Kier molecular flexibility index (Phi) is 3.24. The van der Waals surface area contributed by atoms with Gasteiger partial charge in [0.05, 0.1) is 17.9 Å². The topological polar surface area (TPSA) is 52.6 Å². The van der Waals surface area contributed by atoms with Crippen LogP contribution in [0.5, 0.6) is 0 Å². The van der Waals surface area contributed by atoms with E-state index in [1.807, 2.05) is 20.8 Å².